The average Bonchev–Trinajstić information content (AvgIpc) is 2.61. The molecule has 126 valence electrons. The van der Waals surface area contributed by atoms with Crippen LogP contribution in [0.15, 0.2) is 51.7 Å². The molecule has 4 nitrogen and oxygen atoms in total. The Morgan fingerprint density at radius 3 is 2.76 bits per heavy atom. The highest BCUT2D eigenvalue weighted by Crippen LogP contribution is 2.32. The first kappa shape index (κ1) is 16.8. The summed E-state index contributed by atoms with van der Waals surface area (Å²) in [5.74, 6) is 3.09. The fraction of sp³-hybridized carbons (Fsp3) is 0.190. The zero-order valence-electron chi connectivity index (χ0n) is 14.3. The first-order chi connectivity index (χ1) is 12.2. The Balaban J connectivity index is 2.31. The normalized spacial score (nSPS) is 10.6. The van der Waals surface area contributed by atoms with Crippen LogP contribution >= 0.6 is 0 Å². The second kappa shape index (κ2) is 7.25. The summed E-state index contributed by atoms with van der Waals surface area (Å²) >= 11 is 0. The summed E-state index contributed by atoms with van der Waals surface area (Å²) in [6.45, 7) is 2.87. The van der Waals surface area contributed by atoms with Gasteiger partial charge in [-0.05, 0) is 24.1 Å². The summed E-state index contributed by atoms with van der Waals surface area (Å²) < 4.78 is 10.9. The molecule has 0 unspecified atom stereocenters. The van der Waals surface area contributed by atoms with Crippen LogP contribution in [0.3, 0.4) is 0 Å². The molecule has 0 bridgehead atoms. The van der Waals surface area contributed by atoms with E-state index in [0.717, 1.165) is 22.1 Å². The van der Waals surface area contributed by atoms with Crippen molar-refractivity contribution in [1.82, 2.24) is 5.32 Å². The third-order valence-corrected chi connectivity index (χ3v) is 4.06. The molecule has 0 aliphatic heterocycles. The van der Waals surface area contributed by atoms with Crippen molar-refractivity contribution in [2.75, 3.05) is 13.7 Å². The smallest absolute Gasteiger partial charge is 0.344 e. The predicted molar refractivity (Wildman–Crippen MR) is 99.7 cm³/mol. The van der Waals surface area contributed by atoms with Gasteiger partial charge in [0.2, 0.25) is 0 Å². The van der Waals surface area contributed by atoms with E-state index in [9.17, 15) is 4.79 Å². The average molecular weight is 333 g/mol. The lowest BCUT2D eigenvalue weighted by Gasteiger charge is -2.14. The summed E-state index contributed by atoms with van der Waals surface area (Å²) in [4.78, 5) is 12.8. The molecule has 4 heteroatoms. The molecule has 0 spiro atoms. The molecule has 0 aliphatic carbocycles. The molecule has 0 amide bonds. The largest absolute Gasteiger partial charge is 0.493 e. The van der Waals surface area contributed by atoms with E-state index in [1.807, 2.05) is 43.3 Å². The molecule has 0 radical (unpaired) electrons. The second-order valence-corrected chi connectivity index (χ2v) is 5.76. The molecule has 1 aromatic heterocycles. The highest BCUT2D eigenvalue weighted by Gasteiger charge is 2.18. The van der Waals surface area contributed by atoms with E-state index in [1.54, 1.807) is 13.2 Å². The van der Waals surface area contributed by atoms with Crippen LogP contribution in [0.1, 0.15) is 11.1 Å². The van der Waals surface area contributed by atoms with Gasteiger partial charge in [-0.25, -0.2) is 4.79 Å². The second-order valence-electron chi connectivity index (χ2n) is 5.76. The summed E-state index contributed by atoms with van der Waals surface area (Å²) in [5, 5.41) is 4.01. The zero-order valence-corrected chi connectivity index (χ0v) is 14.3. The summed E-state index contributed by atoms with van der Waals surface area (Å²) in [5.41, 5.74) is 3.37. The zero-order chi connectivity index (χ0) is 17.8. The van der Waals surface area contributed by atoms with E-state index < -0.39 is 0 Å². The van der Waals surface area contributed by atoms with Crippen LogP contribution in [0.4, 0.5) is 0 Å². The molecule has 0 fully saturated rings. The number of benzene rings is 2. The van der Waals surface area contributed by atoms with E-state index in [2.05, 4.69) is 11.2 Å². The van der Waals surface area contributed by atoms with E-state index in [0.29, 0.717) is 30.0 Å². The molecule has 25 heavy (non-hydrogen) atoms. The van der Waals surface area contributed by atoms with Crippen molar-refractivity contribution in [3.8, 4) is 29.2 Å². The Morgan fingerprint density at radius 1 is 1.24 bits per heavy atom. The minimum atomic E-state index is -0.389. The van der Waals surface area contributed by atoms with E-state index in [1.165, 1.54) is 0 Å². The molecule has 0 aliphatic rings. The Morgan fingerprint density at radius 2 is 2.04 bits per heavy atom. The van der Waals surface area contributed by atoms with Crippen molar-refractivity contribution in [3.63, 3.8) is 0 Å². The Kier molecular flexibility index (Phi) is 4.87. The van der Waals surface area contributed by atoms with Gasteiger partial charge in [0.25, 0.3) is 0 Å². The maximum Gasteiger partial charge on any atom is 0.344 e. The molecule has 3 aromatic rings. The monoisotopic (exact) mass is 333 g/mol. The molecule has 0 atom stereocenters. The van der Waals surface area contributed by atoms with Crippen molar-refractivity contribution in [1.29, 1.82) is 0 Å². The quantitative estimate of drug-likeness (QED) is 0.441. The molecule has 0 saturated carbocycles. The minimum Gasteiger partial charge on any atom is -0.493 e. The molecular weight excluding hydrogens is 314 g/mol. The van der Waals surface area contributed by atoms with Crippen molar-refractivity contribution < 1.29 is 9.15 Å². The minimum absolute atomic E-state index is 0.389. The molecular formula is C21H19NO3. The van der Waals surface area contributed by atoms with Gasteiger partial charge in [0, 0.05) is 11.9 Å². The van der Waals surface area contributed by atoms with Crippen LogP contribution in [-0.2, 0) is 6.54 Å². The lowest BCUT2D eigenvalue weighted by Crippen LogP contribution is -2.17. The molecule has 0 saturated heterocycles. The van der Waals surface area contributed by atoms with Gasteiger partial charge in [-0.1, -0.05) is 47.9 Å². The number of hydrogen-bond donors (Lipinski definition) is 1. The first-order valence-corrected chi connectivity index (χ1v) is 7.99. The summed E-state index contributed by atoms with van der Waals surface area (Å²) in [6.07, 6.45) is 5.34. The number of nitrogens with one attached hydrogen (secondary N) is 1. The van der Waals surface area contributed by atoms with Crippen LogP contribution in [0.5, 0.6) is 5.75 Å². The van der Waals surface area contributed by atoms with Gasteiger partial charge < -0.3 is 14.5 Å². The maximum atomic E-state index is 12.8. The summed E-state index contributed by atoms with van der Waals surface area (Å²) in [7, 11) is 1.56. The topological polar surface area (TPSA) is 51.5 Å². The number of rotatable bonds is 5. The van der Waals surface area contributed by atoms with Gasteiger partial charge in [-0.2, -0.15) is 0 Å². The van der Waals surface area contributed by atoms with E-state index in [-0.39, 0.29) is 5.63 Å². The van der Waals surface area contributed by atoms with Gasteiger partial charge >= 0.3 is 5.63 Å². The van der Waals surface area contributed by atoms with Gasteiger partial charge in [-0.3, -0.25) is 0 Å². The van der Waals surface area contributed by atoms with Crippen molar-refractivity contribution in [2.24, 2.45) is 0 Å². The number of ether oxygens (including phenoxy) is 1. The van der Waals surface area contributed by atoms with E-state index >= 15 is 0 Å². The van der Waals surface area contributed by atoms with Gasteiger partial charge in [0.15, 0.2) is 11.3 Å². The van der Waals surface area contributed by atoms with Crippen molar-refractivity contribution >= 4 is 11.0 Å². The molecule has 1 N–H and O–H groups in total. The highest BCUT2D eigenvalue weighted by molar-refractivity contribution is 5.90. The number of hydrogen-bond acceptors (Lipinski definition) is 4. The third kappa shape index (κ3) is 3.28. The highest BCUT2D eigenvalue weighted by atomic mass is 16.5. The SMILES string of the molecule is C#CCNCc1c(-c2cccc(C)c2)c(=O)oc2c(OC)cccc12. The fourth-order valence-corrected chi connectivity index (χ4v) is 2.96. The lowest BCUT2D eigenvalue weighted by molar-refractivity contribution is 0.406. The number of methoxy groups -OCH3 is 1. The number of para-hydroxylation sites is 1. The van der Waals surface area contributed by atoms with Crippen LogP contribution < -0.4 is 15.7 Å². The Hall–Kier alpha value is -3.03. The van der Waals surface area contributed by atoms with Crippen LogP contribution in [0.2, 0.25) is 0 Å². The van der Waals surface area contributed by atoms with E-state index in [4.69, 9.17) is 15.6 Å². The van der Waals surface area contributed by atoms with Crippen LogP contribution in [0.25, 0.3) is 22.1 Å². The summed E-state index contributed by atoms with van der Waals surface area (Å²) in [6, 6.07) is 13.4. The molecule has 1 heterocycles. The molecule has 3 rings (SSSR count). The first-order valence-electron chi connectivity index (χ1n) is 7.99. The maximum absolute atomic E-state index is 12.8. The predicted octanol–water partition coefficient (Wildman–Crippen LogP) is 3.50. The van der Waals surface area contributed by atoms with Crippen molar-refractivity contribution in [3.05, 3.63) is 64.0 Å². The van der Waals surface area contributed by atoms with Gasteiger partial charge in [0.05, 0.1) is 19.2 Å². The van der Waals surface area contributed by atoms with Crippen LogP contribution in [-0.4, -0.2) is 13.7 Å². The third-order valence-electron chi connectivity index (χ3n) is 4.06. The molecule has 2 aromatic carbocycles. The fourth-order valence-electron chi connectivity index (χ4n) is 2.96. The van der Waals surface area contributed by atoms with Gasteiger partial charge in [-0.15, -0.1) is 6.42 Å². The Bertz CT molecular complexity index is 1010. The lowest BCUT2D eigenvalue weighted by atomic mass is 9.97. The number of terminal acetylenes is 1. The Labute approximate surface area is 146 Å². The number of aryl methyl sites for hydroxylation is 1. The standard InChI is InChI=1S/C21H19NO3/c1-4-11-22-13-17-16-9-6-10-18(24-3)20(16)25-21(23)19(17)15-8-5-7-14(2)12-15/h1,5-10,12,22H,11,13H2,2-3H3. The van der Waals surface area contributed by atoms with Gasteiger partial charge in [0.1, 0.15) is 0 Å². The number of fused-ring (bicyclic) bond motifs is 1. The van der Waals surface area contributed by atoms with Crippen molar-refractivity contribution in [2.45, 2.75) is 13.5 Å². The van der Waals surface area contributed by atoms with Crippen LogP contribution in [0, 0.1) is 19.3 Å².